The number of nitrogens with zero attached hydrogens (tertiary/aromatic N) is 3. The minimum Gasteiger partial charge on any atom is -0.481 e. The van der Waals surface area contributed by atoms with Gasteiger partial charge in [0.05, 0.1) is 19.0 Å². The van der Waals surface area contributed by atoms with E-state index in [1.807, 2.05) is 13.8 Å². The predicted octanol–water partition coefficient (Wildman–Crippen LogP) is 3.46. The van der Waals surface area contributed by atoms with Gasteiger partial charge in [0, 0.05) is 36.2 Å². The van der Waals surface area contributed by atoms with Crippen molar-refractivity contribution in [2.75, 3.05) is 13.7 Å². The van der Waals surface area contributed by atoms with Crippen LogP contribution in [-0.2, 0) is 4.79 Å². The summed E-state index contributed by atoms with van der Waals surface area (Å²) in [4.78, 5) is 31.7. The van der Waals surface area contributed by atoms with Crippen molar-refractivity contribution in [2.45, 2.75) is 69.8 Å². The first-order valence-corrected chi connectivity index (χ1v) is 12.5. The maximum Gasteiger partial charge on any atom is 0.417 e. The second-order valence-electron chi connectivity index (χ2n) is 10.3. The molecule has 208 valence electrons. The fourth-order valence-electron chi connectivity index (χ4n) is 5.28. The van der Waals surface area contributed by atoms with Gasteiger partial charge in [-0.15, -0.1) is 0 Å². The van der Waals surface area contributed by atoms with Crippen LogP contribution in [0, 0.1) is 17.7 Å². The summed E-state index contributed by atoms with van der Waals surface area (Å²) >= 11 is 0. The third-order valence-corrected chi connectivity index (χ3v) is 7.71. The number of alkyl halides is 3. The number of rotatable bonds is 5. The highest BCUT2D eigenvalue weighted by atomic mass is 19.4. The molecular weight excluding hydrogens is 510 g/mol. The highest BCUT2D eigenvalue weighted by Crippen LogP contribution is 2.41. The molecule has 0 aromatic carbocycles. The molecule has 3 N–H and O–H groups in total. The van der Waals surface area contributed by atoms with Crippen LogP contribution in [0.15, 0.2) is 18.3 Å². The van der Waals surface area contributed by atoms with Crippen LogP contribution >= 0.6 is 0 Å². The lowest BCUT2D eigenvalue weighted by Gasteiger charge is -2.42. The molecule has 2 fully saturated rings. The van der Waals surface area contributed by atoms with Crippen molar-refractivity contribution in [2.24, 2.45) is 11.8 Å². The molecule has 2 aromatic heterocycles. The van der Waals surface area contributed by atoms with E-state index in [0.717, 1.165) is 6.20 Å². The van der Waals surface area contributed by atoms with Crippen molar-refractivity contribution >= 4 is 11.8 Å². The van der Waals surface area contributed by atoms with Gasteiger partial charge in [-0.1, -0.05) is 6.92 Å². The number of likely N-dealkylation sites (tertiary alicyclic amines) is 1. The Kier molecular flexibility index (Phi) is 7.69. The summed E-state index contributed by atoms with van der Waals surface area (Å²) in [5.41, 5.74) is -2.18. The van der Waals surface area contributed by atoms with Crippen LogP contribution in [-0.4, -0.2) is 74.5 Å². The Bertz CT molecular complexity index is 1180. The van der Waals surface area contributed by atoms with Crippen molar-refractivity contribution in [3.63, 3.8) is 0 Å². The molecule has 2 aliphatic rings. The zero-order chi connectivity index (χ0) is 27.8. The van der Waals surface area contributed by atoms with Gasteiger partial charge in [-0.05, 0) is 51.0 Å². The number of methoxy groups -OCH3 is 1. The number of carbonyl (C=O) groups is 2. The van der Waals surface area contributed by atoms with Crippen LogP contribution < -0.4 is 10.1 Å². The number of carbonyl (C=O) groups excluding carboxylic acids is 2. The van der Waals surface area contributed by atoms with Crippen LogP contribution in [0.2, 0.25) is 0 Å². The first kappa shape index (κ1) is 27.8. The molecule has 1 aliphatic carbocycles. The SMILES string of the molecule is COc1cc(-c2cc(C(=O)N3CC(C)C(C(=O)N[C@H]4CC[C@@](O)(C(F)(F)F)CC4)CC3C)n[nH]2)c(F)cn1. The summed E-state index contributed by atoms with van der Waals surface area (Å²) < 4.78 is 58.5. The second-order valence-corrected chi connectivity index (χ2v) is 10.3. The van der Waals surface area contributed by atoms with Crippen LogP contribution in [0.25, 0.3) is 11.3 Å². The van der Waals surface area contributed by atoms with E-state index in [1.165, 1.54) is 19.2 Å². The number of halogens is 4. The zero-order valence-corrected chi connectivity index (χ0v) is 21.3. The Labute approximate surface area is 217 Å². The maximum absolute atomic E-state index is 14.3. The van der Waals surface area contributed by atoms with E-state index in [9.17, 15) is 32.3 Å². The van der Waals surface area contributed by atoms with Gasteiger partial charge >= 0.3 is 6.18 Å². The number of nitrogens with one attached hydrogen (secondary N) is 2. The van der Waals surface area contributed by atoms with Gasteiger partial charge in [0.25, 0.3) is 5.91 Å². The molecular formula is C25H31F4N5O4. The van der Waals surface area contributed by atoms with Gasteiger partial charge in [-0.2, -0.15) is 18.3 Å². The molecule has 3 atom stereocenters. The number of amides is 2. The Morgan fingerprint density at radius 3 is 2.55 bits per heavy atom. The second kappa shape index (κ2) is 10.5. The highest BCUT2D eigenvalue weighted by molar-refractivity contribution is 5.94. The predicted molar refractivity (Wildman–Crippen MR) is 128 cm³/mol. The van der Waals surface area contributed by atoms with Gasteiger partial charge in [0.1, 0.15) is 0 Å². The molecule has 9 nitrogen and oxygen atoms in total. The Balaban J connectivity index is 1.37. The molecule has 13 heteroatoms. The van der Waals surface area contributed by atoms with Gasteiger partial charge in [-0.3, -0.25) is 14.7 Å². The largest absolute Gasteiger partial charge is 0.481 e. The van der Waals surface area contributed by atoms with Crippen LogP contribution in [0.3, 0.4) is 0 Å². The molecule has 0 spiro atoms. The molecule has 3 unspecified atom stereocenters. The fourth-order valence-corrected chi connectivity index (χ4v) is 5.28. The van der Waals surface area contributed by atoms with Gasteiger partial charge < -0.3 is 20.1 Å². The van der Waals surface area contributed by atoms with E-state index < -0.39 is 42.4 Å². The number of aromatic amines is 1. The molecule has 1 saturated carbocycles. The average Bonchev–Trinajstić information content (AvgIpc) is 3.36. The quantitative estimate of drug-likeness (QED) is 0.499. The third-order valence-electron chi connectivity index (χ3n) is 7.71. The highest BCUT2D eigenvalue weighted by Gasteiger charge is 2.54. The normalized spacial score (nSPS) is 28.2. The molecule has 4 rings (SSSR count). The molecule has 0 bridgehead atoms. The maximum atomic E-state index is 14.3. The van der Waals surface area contributed by atoms with E-state index in [2.05, 4.69) is 20.5 Å². The number of piperidine rings is 1. The number of aromatic nitrogens is 3. The Hall–Kier alpha value is -3.22. The molecule has 2 amide bonds. The number of hydrogen-bond acceptors (Lipinski definition) is 6. The Morgan fingerprint density at radius 1 is 1.24 bits per heavy atom. The lowest BCUT2D eigenvalue weighted by atomic mass is 9.80. The van der Waals surface area contributed by atoms with Crippen molar-refractivity contribution in [1.29, 1.82) is 0 Å². The average molecular weight is 542 g/mol. The van der Waals surface area contributed by atoms with E-state index >= 15 is 0 Å². The lowest BCUT2D eigenvalue weighted by Crippen LogP contribution is -2.54. The van der Waals surface area contributed by atoms with E-state index in [4.69, 9.17) is 4.74 Å². The fraction of sp³-hybridized carbons (Fsp3) is 0.600. The molecule has 3 heterocycles. The molecule has 2 aromatic rings. The third kappa shape index (κ3) is 5.47. The number of aliphatic hydroxyl groups is 1. The van der Waals surface area contributed by atoms with E-state index in [-0.39, 0.29) is 66.0 Å². The summed E-state index contributed by atoms with van der Waals surface area (Å²) in [7, 11) is 1.40. The van der Waals surface area contributed by atoms with Crippen LogP contribution in [0.1, 0.15) is 56.4 Å². The standard InChI is InChI=1S/C25H31F4N5O4/c1-13-12-34(23(36)20-10-19(32-33-20)17-9-21(38-3)30-11-18(17)26)14(2)8-16(13)22(35)31-15-4-6-24(37,7-5-15)25(27,28)29/h9-11,13-16,37H,4-8,12H2,1-3H3,(H,31,35)(H,32,33)/t13?,14?,15-,16?,24-. The van der Waals surface area contributed by atoms with Gasteiger partial charge in [0.2, 0.25) is 11.8 Å². The number of ether oxygens (including phenoxy) is 1. The van der Waals surface area contributed by atoms with E-state index in [1.54, 1.807) is 4.90 Å². The molecule has 1 aliphatic heterocycles. The zero-order valence-electron chi connectivity index (χ0n) is 21.3. The van der Waals surface area contributed by atoms with Gasteiger partial charge in [0.15, 0.2) is 17.1 Å². The molecule has 1 saturated heterocycles. The van der Waals surface area contributed by atoms with Crippen LogP contribution in [0.5, 0.6) is 5.88 Å². The monoisotopic (exact) mass is 541 g/mol. The first-order valence-electron chi connectivity index (χ1n) is 12.5. The van der Waals surface area contributed by atoms with Crippen LogP contribution in [0.4, 0.5) is 17.6 Å². The van der Waals surface area contributed by atoms with Crippen molar-refractivity contribution < 1.29 is 37.0 Å². The molecule has 38 heavy (non-hydrogen) atoms. The van der Waals surface area contributed by atoms with Crippen molar-refractivity contribution in [1.82, 2.24) is 25.4 Å². The number of H-pyrrole nitrogens is 1. The minimum atomic E-state index is -4.69. The summed E-state index contributed by atoms with van der Waals surface area (Å²) in [6, 6.07) is 2.08. The first-order chi connectivity index (χ1) is 17.8. The minimum absolute atomic E-state index is 0.0362. The Morgan fingerprint density at radius 2 is 1.92 bits per heavy atom. The van der Waals surface area contributed by atoms with E-state index in [0.29, 0.717) is 6.42 Å². The number of pyridine rings is 1. The topological polar surface area (TPSA) is 120 Å². The van der Waals surface area contributed by atoms with Gasteiger partial charge in [-0.25, -0.2) is 9.37 Å². The van der Waals surface area contributed by atoms with Crippen molar-refractivity contribution in [3.8, 4) is 17.1 Å². The summed E-state index contributed by atoms with van der Waals surface area (Å²) in [5, 5.41) is 19.4. The summed E-state index contributed by atoms with van der Waals surface area (Å²) in [6.45, 7) is 3.93. The number of hydrogen-bond donors (Lipinski definition) is 3. The summed E-state index contributed by atoms with van der Waals surface area (Å²) in [5.74, 6) is -1.68. The lowest BCUT2D eigenvalue weighted by molar-refractivity contribution is -0.270. The molecule has 0 radical (unpaired) electrons. The van der Waals surface area contributed by atoms with Crippen molar-refractivity contribution in [3.05, 3.63) is 29.8 Å². The smallest absolute Gasteiger partial charge is 0.417 e. The summed E-state index contributed by atoms with van der Waals surface area (Å²) in [6.07, 6.45) is -4.15.